The molecule has 12 nitrogen and oxygen atoms in total. The predicted molar refractivity (Wildman–Crippen MR) is 153 cm³/mol. The van der Waals surface area contributed by atoms with Crippen LogP contribution in [0.5, 0.6) is 0 Å². The molecule has 1 aromatic carbocycles. The fourth-order valence-corrected chi connectivity index (χ4v) is 6.07. The van der Waals surface area contributed by atoms with Gasteiger partial charge in [0, 0.05) is 57.3 Å². The zero-order valence-corrected chi connectivity index (χ0v) is 23.8. The van der Waals surface area contributed by atoms with E-state index in [0.29, 0.717) is 48.9 Å². The fourth-order valence-electron chi connectivity index (χ4n) is 5.22. The standard InChI is InChI=1S/C27H34N8O4S/c1-32(2)40(36,37)35-24(17-21(31-35)19-8-5-4-6-9-19)29-27-28-22-16-23(20-10-7-11-33(3)18-20)39-25(22)26(30-27)34-12-14-38-15-13-34/h4-6,8-9,16-17,20H,7,10-15,18H2,1-3H3,(H,28,29,30). The quantitative estimate of drug-likeness (QED) is 0.357. The number of ether oxygens (including phenoxy) is 1. The highest BCUT2D eigenvalue weighted by Gasteiger charge is 2.28. The lowest BCUT2D eigenvalue weighted by atomic mass is 9.96. The first-order valence-electron chi connectivity index (χ1n) is 13.5. The van der Waals surface area contributed by atoms with E-state index in [2.05, 4.69) is 27.3 Å². The Morgan fingerprint density at radius 3 is 2.55 bits per heavy atom. The van der Waals surface area contributed by atoms with E-state index in [-0.39, 0.29) is 17.7 Å². The number of benzene rings is 1. The topological polar surface area (TPSA) is 122 Å². The lowest BCUT2D eigenvalue weighted by Gasteiger charge is -2.28. The van der Waals surface area contributed by atoms with Crippen molar-refractivity contribution in [3.63, 3.8) is 0 Å². The Balaban J connectivity index is 1.44. The number of likely N-dealkylation sites (tertiary alicyclic amines) is 1. The monoisotopic (exact) mass is 566 g/mol. The van der Waals surface area contributed by atoms with Gasteiger partial charge in [0.1, 0.15) is 17.1 Å². The van der Waals surface area contributed by atoms with E-state index in [9.17, 15) is 8.42 Å². The van der Waals surface area contributed by atoms with E-state index in [1.807, 2.05) is 36.4 Å². The number of hydrogen-bond acceptors (Lipinski definition) is 10. The van der Waals surface area contributed by atoms with Crippen LogP contribution >= 0.6 is 0 Å². The number of piperidine rings is 1. The molecule has 1 unspecified atom stereocenters. The molecular weight excluding hydrogens is 532 g/mol. The van der Waals surface area contributed by atoms with Gasteiger partial charge in [0.2, 0.25) is 5.95 Å². The van der Waals surface area contributed by atoms with Gasteiger partial charge in [0.05, 0.1) is 18.9 Å². The smallest absolute Gasteiger partial charge is 0.324 e. The second-order valence-electron chi connectivity index (χ2n) is 10.5. The molecule has 1 N–H and O–H groups in total. The van der Waals surface area contributed by atoms with E-state index in [4.69, 9.17) is 19.1 Å². The van der Waals surface area contributed by atoms with Crippen molar-refractivity contribution in [2.24, 2.45) is 0 Å². The SMILES string of the molecule is CN1CCCC(c2cc3nc(Nc4cc(-c5ccccc5)nn4S(=O)(=O)N(C)C)nc(N4CCOCC4)c3o2)C1. The largest absolute Gasteiger partial charge is 0.455 e. The molecule has 0 amide bonds. The molecule has 13 heteroatoms. The molecule has 0 radical (unpaired) electrons. The number of rotatable bonds is 7. The number of aromatic nitrogens is 4. The Morgan fingerprint density at radius 2 is 1.82 bits per heavy atom. The number of hydrogen-bond donors (Lipinski definition) is 1. The van der Waals surface area contributed by atoms with Gasteiger partial charge in [0.15, 0.2) is 11.4 Å². The van der Waals surface area contributed by atoms with Gasteiger partial charge >= 0.3 is 10.2 Å². The minimum atomic E-state index is -3.93. The van der Waals surface area contributed by atoms with Gasteiger partial charge in [-0.1, -0.05) is 30.3 Å². The fraction of sp³-hybridized carbons (Fsp3) is 0.444. The number of likely N-dealkylation sites (N-methyl/N-ethyl adjacent to an activating group) is 1. The summed E-state index contributed by atoms with van der Waals surface area (Å²) in [6, 6.07) is 13.1. The number of furan rings is 1. The van der Waals surface area contributed by atoms with Gasteiger partial charge in [-0.2, -0.15) is 22.8 Å². The molecular formula is C27H34N8O4S. The number of nitrogens with zero attached hydrogens (tertiary/aromatic N) is 7. The predicted octanol–water partition coefficient (Wildman–Crippen LogP) is 3.13. The number of anilines is 3. The third kappa shape index (κ3) is 5.17. The first-order valence-corrected chi connectivity index (χ1v) is 14.9. The first kappa shape index (κ1) is 26.7. The Bertz CT molecular complexity index is 1600. The van der Waals surface area contributed by atoms with Crippen LogP contribution in [0.4, 0.5) is 17.6 Å². The maximum Gasteiger partial charge on any atom is 0.324 e. The molecule has 0 saturated carbocycles. The molecule has 40 heavy (non-hydrogen) atoms. The molecule has 2 fully saturated rings. The number of fused-ring (bicyclic) bond motifs is 1. The van der Waals surface area contributed by atoms with E-state index in [0.717, 1.165) is 45.6 Å². The molecule has 212 valence electrons. The Kier molecular flexibility index (Phi) is 7.21. The van der Waals surface area contributed by atoms with Crippen LogP contribution in [0.25, 0.3) is 22.4 Å². The van der Waals surface area contributed by atoms with Crippen LogP contribution in [0.2, 0.25) is 0 Å². The van der Waals surface area contributed by atoms with Crippen molar-refractivity contribution in [2.75, 3.05) is 70.8 Å². The van der Waals surface area contributed by atoms with Crippen molar-refractivity contribution < 1.29 is 17.6 Å². The maximum absolute atomic E-state index is 13.2. The van der Waals surface area contributed by atoms with Crippen molar-refractivity contribution >= 4 is 38.9 Å². The van der Waals surface area contributed by atoms with Gasteiger partial charge in [-0.3, -0.25) is 0 Å². The molecule has 5 heterocycles. The van der Waals surface area contributed by atoms with Gasteiger partial charge < -0.3 is 24.3 Å². The summed E-state index contributed by atoms with van der Waals surface area (Å²) < 4.78 is 40.6. The zero-order valence-electron chi connectivity index (χ0n) is 22.9. The molecule has 1 atom stereocenters. The zero-order chi connectivity index (χ0) is 27.9. The Morgan fingerprint density at radius 1 is 1.05 bits per heavy atom. The number of morpholine rings is 1. The van der Waals surface area contributed by atoms with Crippen molar-refractivity contribution in [1.82, 2.24) is 28.4 Å². The highest BCUT2D eigenvalue weighted by atomic mass is 32.2. The molecule has 2 aliphatic rings. The van der Waals surface area contributed by atoms with Gasteiger partial charge in [-0.15, -0.1) is 4.09 Å². The molecule has 6 rings (SSSR count). The molecule has 0 spiro atoms. The highest BCUT2D eigenvalue weighted by Crippen LogP contribution is 2.35. The van der Waals surface area contributed by atoms with Crippen molar-refractivity contribution in [3.05, 3.63) is 48.2 Å². The molecule has 0 aliphatic carbocycles. The van der Waals surface area contributed by atoms with Crippen LogP contribution in [-0.4, -0.2) is 97.3 Å². The summed E-state index contributed by atoms with van der Waals surface area (Å²) in [4.78, 5) is 14.1. The van der Waals surface area contributed by atoms with Crippen LogP contribution < -0.4 is 10.2 Å². The number of nitrogens with one attached hydrogen (secondary N) is 1. The van der Waals surface area contributed by atoms with Gasteiger partial charge in [0.25, 0.3) is 0 Å². The first-order chi connectivity index (χ1) is 19.3. The Hall–Kier alpha value is -3.52. The van der Waals surface area contributed by atoms with Crippen molar-refractivity contribution in [2.45, 2.75) is 18.8 Å². The van der Waals surface area contributed by atoms with Crippen molar-refractivity contribution in [3.8, 4) is 11.3 Å². The van der Waals surface area contributed by atoms with Crippen LogP contribution in [-0.2, 0) is 14.9 Å². The minimum absolute atomic E-state index is 0.234. The minimum Gasteiger partial charge on any atom is -0.455 e. The summed E-state index contributed by atoms with van der Waals surface area (Å²) in [7, 11) is 1.14. The van der Waals surface area contributed by atoms with Crippen LogP contribution in [0.1, 0.15) is 24.5 Å². The maximum atomic E-state index is 13.2. The third-order valence-corrected chi connectivity index (χ3v) is 9.02. The lowest BCUT2D eigenvalue weighted by Crippen LogP contribution is -2.37. The third-order valence-electron chi connectivity index (χ3n) is 7.38. The summed E-state index contributed by atoms with van der Waals surface area (Å²) in [5.74, 6) is 2.33. The average Bonchev–Trinajstić information content (AvgIpc) is 3.59. The summed E-state index contributed by atoms with van der Waals surface area (Å²) in [6.07, 6.45) is 2.17. The van der Waals surface area contributed by atoms with Gasteiger partial charge in [-0.25, -0.2) is 4.98 Å². The Labute approximate surface area is 233 Å². The van der Waals surface area contributed by atoms with Gasteiger partial charge in [-0.05, 0) is 26.4 Å². The van der Waals surface area contributed by atoms with Crippen molar-refractivity contribution in [1.29, 1.82) is 0 Å². The molecule has 2 aliphatic heterocycles. The summed E-state index contributed by atoms with van der Waals surface area (Å²) in [5, 5.41) is 7.59. The second-order valence-corrected chi connectivity index (χ2v) is 12.4. The molecule has 3 aromatic heterocycles. The normalized spacial score (nSPS) is 19.0. The summed E-state index contributed by atoms with van der Waals surface area (Å²) in [5.41, 5.74) is 2.61. The molecule has 4 aromatic rings. The van der Waals surface area contributed by atoms with E-state index in [1.165, 1.54) is 14.1 Å². The summed E-state index contributed by atoms with van der Waals surface area (Å²) in [6.45, 7) is 4.51. The summed E-state index contributed by atoms with van der Waals surface area (Å²) >= 11 is 0. The van der Waals surface area contributed by atoms with Crippen LogP contribution in [0.3, 0.4) is 0 Å². The lowest BCUT2D eigenvalue weighted by molar-refractivity contribution is 0.122. The van der Waals surface area contributed by atoms with E-state index >= 15 is 0 Å². The van der Waals surface area contributed by atoms with Crippen LogP contribution in [0.15, 0.2) is 46.9 Å². The molecule has 2 saturated heterocycles. The second kappa shape index (κ2) is 10.8. The average molecular weight is 567 g/mol. The van der Waals surface area contributed by atoms with E-state index < -0.39 is 10.2 Å². The molecule has 0 bridgehead atoms. The van der Waals surface area contributed by atoms with Crippen LogP contribution in [0, 0.1) is 0 Å². The highest BCUT2D eigenvalue weighted by molar-refractivity contribution is 7.87. The van der Waals surface area contributed by atoms with E-state index in [1.54, 1.807) is 6.07 Å².